The van der Waals surface area contributed by atoms with E-state index < -0.39 is 9.84 Å². The van der Waals surface area contributed by atoms with Gasteiger partial charge in [-0.25, -0.2) is 8.42 Å². The van der Waals surface area contributed by atoms with Gasteiger partial charge in [0.2, 0.25) is 9.84 Å². The highest BCUT2D eigenvalue weighted by atomic mass is 32.2. The van der Waals surface area contributed by atoms with Crippen molar-refractivity contribution in [1.29, 1.82) is 0 Å². The first-order valence-corrected chi connectivity index (χ1v) is 11.2. The first kappa shape index (κ1) is 21.6. The third-order valence-corrected chi connectivity index (χ3v) is 6.43. The van der Waals surface area contributed by atoms with Crippen LogP contribution in [0.15, 0.2) is 71.8 Å². The van der Waals surface area contributed by atoms with Crippen LogP contribution in [0.5, 0.6) is 11.5 Å². The number of methoxy groups -OCH3 is 1. The van der Waals surface area contributed by atoms with Gasteiger partial charge >= 0.3 is 0 Å². The smallest absolute Gasteiger partial charge is 0.207 e. The molecule has 156 valence electrons. The maximum Gasteiger partial charge on any atom is 0.207 e. The van der Waals surface area contributed by atoms with Gasteiger partial charge in [0.15, 0.2) is 0 Å². The second kappa shape index (κ2) is 9.59. The Hall–Kier alpha value is -3.12. The van der Waals surface area contributed by atoms with Gasteiger partial charge in [0.1, 0.15) is 11.5 Å². The van der Waals surface area contributed by atoms with E-state index in [0.29, 0.717) is 29.4 Å². The number of hydrogen-bond donors (Lipinski definition) is 0. The molecule has 0 bridgehead atoms. The lowest BCUT2D eigenvalue weighted by molar-refractivity contribution is 0.316. The van der Waals surface area contributed by atoms with Crippen LogP contribution in [0.2, 0.25) is 0 Å². The lowest BCUT2D eigenvalue weighted by Crippen LogP contribution is -2.06. The quantitative estimate of drug-likeness (QED) is 0.501. The molecule has 3 aromatic rings. The summed E-state index contributed by atoms with van der Waals surface area (Å²) in [6.45, 7) is 4.48. The summed E-state index contributed by atoms with van der Waals surface area (Å²) in [6, 6.07) is 17.3. The number of benzene rings is 2. The van der Waals surface area contributed by atoms with Gasteiger partial charge in [-0.3, -0.25) is 4.98 Å². The Morgan fingerprint density at radius 2 is 1.80 bits per heavy atom. The van der Waals surface area contributed by atoms with Gasteiger partial charge in [-0.05, 0) is 55.3 Å². The Labute approximate surface area is 177 Å². The predicted octanol–water partition coefficient (Wildman–Crippen LogP) is 5.16. The average Bonchev–Trinajstić information content (AvgIpc) is 2.78. The van der Waals surface area contributed by atoms with Crippen molar-refractivity contribution in [3.8, 4) is 11.5 Å². The summed E-state index contributed by atoms with van der Waals surface area (Å²) in [6.07, 6.45) is 4.09. The minimum Gasteiger partial charge on any atom is -0.496 e. The molecule has 0 saturated heterocycles. The number of aromatic nitrogens is 1. The standard InChI is InChI=1S/C24H25NO4S/c1-4-15-29-20-14-13-19(25-17-20)16-24(22-11-8-12-23(28-3)18(22)2)30(26,27)21-9-6-5-7-10-21/h5-14,16-17H,4,15H2,1-3H3/b24-16+. The summed E-state index contributed by atoms with van der Waals surface area (Å²) in [7, 11) is -2.22. The van der Waals surface area contributed by atoms with Crippen molar-refractivity contribution in [3.63, 3.8) is 0 Å². The summed E-state index contributed by atoms with van der Waals surface area (Å²) in [5.41, 5.74) is 1.84. The molecule has 0 aliphatic heterocycles. The summed E-state index contributed by atoms with van der Waals surface area (Å²) >= 11 is 0. The molecule has 1 aromatic heterocycles. The molecule has 0 atom stereocenters. The van der Waals surface area contributed by atoms with Crippen molar-refractivity contribution in [1.82, 2.24) is 4.98 Å². The highest BCUT2D eigenvalue weighted by Crippen LogP contribution is 2.34. The Morgan fingerprint density at radius 3 is 2.43 bits per heavy atom. The highest BCUT2D eigenvalue weighted by molar-refractivity contribution is 8.00. The topological polar surface area (TPSA) is 65.5 Å². The minimum absolute atomic E-state index is 0.167. The summed E-state index contributed by atoms with van der Waals surface area (Å²) in [5, 5.41) is 0. The molecule has 0 aliphatic rings. The fraction of sp³-hybridized carbons (Fsp3) is 0.208. The summed E-state index contributed by atoms with van der Waals surface area (Å²) < 4.78 is 38.0. The molecular formula is C24H25NO4S. The van der Waals surface area contributed by atoms with Gasteiger partial charge in [-0.2, -0.15) is 0 Å². The van der Waals surface area contributed by atoms with E-state index in [0.717, 1.165) is 12.0 Å². The van der Waals surface area contributed by atoms with E-state index in [1.54, 1.807) is 74.0 Å². The van der Waals surface area contributed by atoms with E-state index in [4.69, 9.17) is 9.47 Å². The third-order valence-electron chi connectivity index (χ3n) is 4.62. The van der Waals surface area contributed by atoms with Crippen LogP contribution >= 0.6 is 0 Å². The van der Waals surface area contributed by atoms with Crippen LogP contribution in [0.1, 0.15) is 30.2 Å². The number of nitrogens with zero attached hydrogens (tertiary/aromatic N) is 1. The molecule has 0 radical (unpaired) electrons. The van der Waals surface area contributed by atoms with Crippen LogP contribution in [0.25, 0.3) is 11.0 Å². The summed E-state index contributed by atoms with van der Waals surface area (Å²) in [4.78, 5) is 4.77. The van der Waals surface area contributed by atoms with Crippen molar-refractivity contribution in [2.24, 2.45) is 0 Å². The molecule has 1 heterocycles. The zero-order valence-corrected chi connectivity index (χ0v) is 18.1. The molecule has 30 heavy (non-hydrogen) atoms. The molecule has 0 saturated carbocycles. The Morgan fingerprint density at radius 1 is 1.03 bits per heavy atom. The maximum atomic E-state index is 13.5. The molecule has 2 aromatic carbocycles. The SMILES string of the molecule is CCCOc1ccc(/C=C(\c2cccc(OC)c2C)S(=O)(=O)c2ccccc2)nc1. The lowest BCUT2D eigenvalue weighted by Gasteiger charge is -2.15. The normalized spacial score (nSPS) is 11.9. The van der Waals surface area contributed by atoms with E-state index in [2.05, 4.69) is 4.98 Å². The molecular weight excluding hydrogens is 398 g/mol. The van der Waals surface area contributed by atoms with Crippen molar-refractivity contribution in [2.75, 3.05) is 13.7 Å². The van der Waals surface area contributed by atoms with E-state index in [-0.39, 0.29) is 9.80 Å². The zero-order valence-electron chi connectivity index (χ0n) is 17.3. The van der Waals surface area contributed by atoms with Crippen LogP contribution in [-0.2, 0) is 9.84 Å². The third kappa shape index (κ3) is 4.71. The Kier molecular flexibility index (Phi) is 6.90. The second-order valence-corrected chi connectivity index (χ2v) is 8.64. The van der Waals surface area contributed by atoms with E-state index in [1.165, 1.54) is 0 Å². The van der Waals surface area contributed by atoms with Crippen LogP contribution < -0.4 is 9.47 Å². The largest absolute Gasteiger partial charge is 0.496 e. The van der Waals surface area contributed by atoms with Crippen LogP contribution in [0.3, 0.4) is 0 Å². The summed E-state index contributed by atoms with van der Waals surface area (Å²) in [5.74, 6) is 1.27. The van der Waals surface area contributed by atoms with Crippen LogP contribution in [0, 0.1) is 6.92 Å². The highest BCUT2D eigenvalue weighted by Gasteiger charge is 2.24. The average molecular weight is 424 g/mol. The molecule has 0 amide bonds. The van der Waals surface area contributed by atoms with Crippen molar-refractivity contribution in [2.45, 2.75) is 25.2 Å². The fourth-order valence-corrected chi connectivity index (χ4v) is 4.60. The number of ether oxygens (including phenoxy) is 2. The molecule has 5 nitrogen and oxygen atoms in total. The van der Waals surface area contributed by atoms with Gasteiger partial charge in [-0.15, -0.1) is 0 Å². The van der Waals surface area contributed by atoms with Gasteiger partial charge in [0.05, 0.1) is 35.4 Å². The number of hydrogen-bond acceptors (Lipinski definition) is 5. The number of rotatable bonds is 8. The monoisotopic (exact) mass is 423 g/mol. The van der Waals surface area contributed by atoms with Gasteiger partial charge in [0.25, 0.3) is 0 Å². The molecule has 0 unspecified atom stereocenters. The van der Waals surface area contributed by atoms with Crippen LogP contribution in [0.4, 0.5) is 0 Å². The molecule has 0 spiro atoms. The van der Waals surface area contributed by atoms with E-state index >= 15 is 0 Å². The van der Waals surface area contributed by atoms with Gasteiger partial charge < -0.3 is 9.47 Å². The Bertz CT molecular complexity index is 1120. The molecule has 3 rings (SSSR count). The maximum absolute atomic E-state index is 13.5. The van der Waals surface area contributed by atoms with Crippen molar-refractivity contribution < 1.29 is 17.9 Å². The van der Waals surface area contributed by atoms with Gasteiger partial charge in [-0.1, -0.05) is 37.3 Å². The predicted molar refractivity (Wildman–Crippen MR) is 119 cm³/mol. The molecule has 0 fully saturated rings. The number of sulfone groups is 1. The molecule has 0 aliphatic carbocycles. The first-order chi connectivity index (χ1) is 14.5. The Balaban J connectivity index is 2.15. The van der Waals surface area contributed by atoms with Crippen molar-refractivity contribution >= 4 is 20.8 Å². The minimum atomic E-state index is -3.79. The van der Waals surface area contributed by atoms with E-state index in [9.17, 15) is 8.42 Å². The zero-order chi connectivity index (χ0) is 21.6. The second-order valence-electron chi connectivity index (χ2n) is 6.73. The van der Waals surface area contributed by atoms with Gasteiger partial charge in [0, 0.05) is 5.56 Å². The van der Waals surface area contributed by atoms with Crippen molar-refractivity contribution in [3.05, 3.63) is 83.7 Å². The fourth-order valence-electron chi connectivity index (χ4n) is 3.05. The first-order valence-electron chi connectivity index (χ1n) is 9.72. The van der Waals surface area contributed by atoms with Crippen LogP contribution in [-0.4, -0.2) is 27.1 Å². The van der Waals surface area contributed by atoms with E-state index in [1.807, 2.05) is 19.9 Å². The number of pyridine rings is 1. The lowest BCUT2D eigenvalue weighted by atomic mass is 10.1. The molecule has 6 heteroatoms. The molecule has 0 N–H and O–H groups in total.